The predicted molar refractivity (Wildman–Crippen MR) is 129 cm³/mol. The van der Waals surface area contributed by atoms with Crippen LogP contribution in [-0.2, 0) is 18.4 Å². The Morgan fingerprint density at radius 2 is 1.81 bits per heavy atom. The topological polar surface area (TPSA) is 69.0 Å². The minimum atomic E-state index is -0.0791. The molecule has 0 saturated heterocycles. The van der Waals surface area contributed by atoms with Crippen molar-refractivity contribution in [2.75, 3.05) is 11.1 Å². The number of carbonyl (C=O) groups is 1. The third-order valence-corrected chi connectivity index (χ3v) is 6.41. The van der Waals surface area contributed by atoms with Crippen molar-refractivity contribution in [3.63, 3.8) is 0 Å². The maximum absolute atomic E-state index is 12.5. The number of thioether (sulfide) groups is 1. The summed E-state index contributed by atoms with van der Waals surface area (Å²) in [6.45, 7) is 8.60. The van der Waals surface area contributed by atoms with E-state index in [0.29, 0.717) is 23.5 Å². The fourth-order valence-corrected chi connectivity index (χ4v) is 4.52. The smallest absolute Gasteiger partial charge is 0.234 e. The molecule has 1 amide bonds. The van der Waals surface area contributed by atoms with Crippen LogP contribution in [0.25, 0.3) is 0 Å². The number of ether oxygens (including phenoxy) is 1. The van der Waals surface area contributed by atoms with Gasteiger partial charge in [-0.2, -0.15) is 0 Å². The summed E-state index contributed by atoms with van der Waals surface area (Å²) >= 11 is 4.83. The highest BCUT2D eigenvalue weighted by molar-refractivity contribution is 9.10. The van der Waals surface area contributed by atoms with E-state index in [-0.39, 0.29) is 11.7 Å². The average Bonchev–Trinajstić information content (AvgIpc) is 3.07. The normalized spacial score (nSPS) is 11.1. The van der Waals surface area contributed by atoms with Crippen LogP contribution in [0.4, 0.5) is 5.69 Å². The molecule has 164 valence electrons. The standard InChI is InChI=1S/C23H27BrN4O2S/c1-14(2)17-6-8-19(9-7-17)30-12-20-26-27-23(28(20)5)31-13-21(29)25-22-15(3)10-18(24)11-16(22)4/h6-11,14H,12-13H2,1-5H3,(H,25,29). The summed E-state index contributed by atoms with van der Waals surface area (Å²) in [7, 11) is 1.88. The molecule has 0 bridgehead atoms. The van der Waals surface area contributed by atoms with Crippen LogP contribution in [-0.4, -0.2) is 26.4 Å². The van der Waals surface area contributed by atoms with Crippen LogP contribution in [0.15, 0.2) is 46.0 Å². The maximum atomic E-state index is 12.5. The lowest BCUT2D eigenvalue weighted by atomic mass is 10.0. The molecule has 2 aromatic carbocycles. The summed E-state index contributed by atoms with van der Waals surface area (Å²) in [5.41, 5.74) is 4.16. The number of hydrogen-bond acceptors (Lipinski definition) is 5. The van der Waals surface area contributed by atoms with Crippen LogP contribution < -0.4 is 10.1 Å². The molecule has 3 aromatic rings. The van der Waals surface area contributed by atoms with Crippen molar-refractivity contribution in [2.24, 2.45) is 7.05 Å². The molecule has 1 aromatic heterocycles. The number of aryl methyl sites for hydroxylation is 2. The first kappa shape index (κ1) is 23.3. The van der Waals surface area contributed by atoms with Gasteiger partial charge in [0.2, 0.25) is 5.91 Å². The molecular formula is C23H27BrN4O2S. The van der Waals surface area contributed by atoms with E-state index < -0.39 is 0 Å². The number of carbonyl (C=O) groups excluding carboxylic acids is 1. The number of aromatic nitrogens is 3. The minimum absolute atomic E-state index is 0.0791. The van der Waals surface area contributed by atoms with Gasteiger partial charge >= 0.3 is 0 Å². The fraction of sp³-hybridized carbons (Fsp3) is 0.348. The Hall–Kier alpha value is -2.32. The number of benzene rings is 2. The molecule has 0 saturated carbocycles. The summed E-state index contributed by atoms with van der Waals surface area (Å²) in [6, 6.07) is 12.1. The van der Waals surface area contributed by atoms with Crippen molar-refractivity contribution in [1.82, 2.24) is 14.8 Å². The Morgan fingerprint density at radius 3 is 2.42 bits per heavy atom. The highest BCUT2D eigenvalue weighted by Gasteiger charge is 2.14. The van der Waals surface area contributed by atoms with E-state index in [1.165, 1.54) is 17.3 Å². The fourth-order valence-electron chi connectivity index (χ4n) is 3.11. The summed E-state index contributed by atoms with van der Waals surface area (Å²) in [5.74, 6) is 2.15. The molecule has 3 rings (SSSR count). The average molecular weight is 503 g/mol. The van der Waals surface area contributed by atoms with Crippen LogP contribution in [0.3, 0.4) is 0 Å². The first-order valence-electron chi connectivity index (χ1n) is 10.0. The molecular weight excluding hydrogens is 476 g/mol. The van der Waals surface area contributed by atoms with Gasteiger partial charge in [-0.3, -0.25) is 4.79 Å². The van der Waals surface area contributed by atoms with E-state index in [2.05, 4.69) is 57.4 Å². The van der Waals surface area contributed by atoms with Gasteiger partial charge in [0, 0.05) is 17.2 Å². The Balaban J connectivity index is 1.55. The molecule has 0 unspecified atom stereocenters. The highest BCUT2D eigenvalue weighted by Crippen LogP contribution is 2.26. The Labute approximate surface area is 195 Å². The lowest BCUT2D eigenvalue weighted by Gasteiger charge is -2.12. The van der Waals surface area contributed by atoms with Gasteiger partial charge in [0.15, 0.2) is 11.0 Å². The number of anilines is 1. The lowest BCUT2D eigenvalue weighted by molar-refractivity contribution is -0.113. The van der Waals surface area contributed by atoms with E-state index in [1.807, 2.05) is 49.7 Å². The third-order valence-electron chi connectivity index (χ3n) is 4.93. The Morgan fingerprint density at radius 1 is 1.16 bits per heavy atom. The number of nitrogens with zero attached hydrogens (tertiary/aromatic N) is 3. The molecule has 0 atom stereocenters. The van der Waals surface area contributed by atoms with Crippen molar-refractivity contribution in [2.45, 2.75) is 45.4 Å². The molecule has 0 aliphatic rings. The van der Waals surface area contributed by atoms with Crippen molar-refractivity contribution in [3.05, 3.63) is 63.4 Å². The summed E-state index contributed by atoms with van der Waals surface area (Å²) in [6.07, 6.45) is 0. The first-order chi connectivity index (χ1) is 14.7. The zero-order chi connectivity index (χ0) is 22.5. The molecule has 6 nitrogen and oxygen atoms in total. The van der Waals surface area contributed by atoms with Gasteiger partial charge in [-0.25, -0.2) is 0 Å². The molecule has 1 N–H and O–H groups in total. The second-order valence-corrected chi connectivity index (χ2v) is 9.58. The molecule has 8 heteroatoms. The number of amides is 1. The minimum Gasteiger partial charge on any atom is -0.486 e. The van der Waals surface area contributed by atoms with Crippen LogP contribution in [0, 0.1) is 13.8 Å². The van der Waals surface area contributed by atoms with Crippen LogP contribution >= 0.6 is 27.7 Å². The van der Waals surface area contributed by atoms with E-state index in [1.54, 1.807) is 0 Å². The predicted octanol–water partition coefficient (Wildman–Crippen LogP) is 5.63. The molecule has 1 heterocycles. The monoisotopic (exact) mass is 502 g/mol. The Kier molecular flexibility index (Phi) is 7.78. The molecule has 0 spiro atoms. The van der Waals surface area contributed by atoms with Crippen molar-refractivity contribution >= 4 is 39.3 Å². The molecule has 0 radical (unpaired) electrons. The van der Waals surface area contributed by atoms with Gasteiger partial charge in [-0.1, -0.05) is 53.7 Å². The number of halogens is 1. The lowest BCUT2D eigenvalue weighted by Crippen LogP contribution is -2.16. The zero-order valence-electron chi connectivity index (χ0n) is 18.4. The quantitative estimate of drug-likeness (QED) is 0.404. The molecule has 31 heavy (non-hydrogen) atoms. The van der Waals surface area contributed by atoms with Gasteiger partial charge in [0.25, 0.3) is 0 Å². The maximum Gasteiger partial charge on any atom is 0.234 e. The van der Waals surface area contributed by atoms with Crippen molar-refractivity contribution in [3.8, 4) is 5.75 Å². The van der Waals surface area contributed by atoms with Crippen LogP contribution in [0.5, 0.6) is 5.75 Å². The van der Waals surface area contributed by atoms with Gasteiger partial charge in [0.1, 0.15) is 12.4 Å². The van der Waals surface area contributed by atoms with E-state index >= 15 is 0 Å². The summed E-state index contributed by atoms with van der Waals surface area (Å²) < 4.78 is 8.70. The van der Waals surface area contributed by atoms with Gasteiger partial charge in [0.05, 0.1) is 5.75 Å². The molecule has 0 aliphatic heterocycles. The van der Waals surface area contributed by atoms with E-state index in [4.69, 9.17) is 4.74 Å². The summed E-state index contributed by atoms with van der Waals surface area (Å²) in [4.78, 5) is 12.5. The van der Waals surface area contributed by atoms with Crippen molar-refractivity contribution in [1.29, 1.82) is 0 Å². The second-order valence-electron chi connectivity index (χ2n) is 7.72. The first-order valence-corrected chi connectivity index (χ1v) is 11.8. The zero-order valence-corrected chi connectivity index (χ0v) is 20.8. The SMILES string of the molecule is Cc1cc(Br)cc(C)c1NC(=O)CSc1nnc(COc2ccc(C(C)C)cc2)n1C. The number of hydrogen-bond donors (Lipinski definition) is 1. The third kappa shape index (κ3) is 6.11. The second kappa shape index (κ2) is 10.3. The largest absolute Gasteiger partial charge is 0.486 e. The van der Waals surface area contributed by atoms with Gasteiger partial charge in [-0.05, 0) is 60.7 Å². The van der Waals surface area contributed by atoms with E-state index in [9.17, 15) is 4.79 Å². The van der Waals surface area contributed by atoms with E-state index in [0.717, 1.165) is 27.0 Å². The Bertz CT molecular complexity index is 1040. The molecule has 0 aliphatic carbocycles. The number of rotatable bonds is 8. The summed E-state index contributed by atoms with van der Waals surface area (Å²) in [5, 5.41) is 12.1. The number of nitrogens with one attached hydrogen (secondary N) is 1. The van der Waals surface area contributed by atoms with Gasteiger partial charge in [-0.15, -0.1) is 10.2 Å². The van der Waals surface area contributed by atoms with Crippen molar-refractivity contribution < 1.29 is 9.53 Å². The van der Waals surface area contributed by atoms with Crippen LogP contribution in [0.2, 0.25) is 0 Å². The highest BCUT2D eigenvalue weighted by atomic mass is 79.9. The van der Waals surface area contributed by atoms with Gasteiger partial charge < -0.3 is 14.6 Å². The molecule has 0 fully saturated rings. The van der Waals surface area contributed by atoms with Crippen LogP contribution in [0.1, 0.15) is 42.3 Å².